The highest BCUT2D eigenvalue weighted by atomic mass is 16.5. The Balaban J connectivity index is 2.26. The number of methoxy groups -OCH3 is 2. The molecule has 0 atom stereocenters. The van der Waals surface area contributed by atoms with E-state index in [1.165, 1.54) is 18.8 Å². The van der Waals surface area contributed by atoms with Gasteiger partial charge in [-0.25, -0.2) is 0 Å². The molecule has 0 aromatic carbocycles. The molecule has 1 fully saturated rings. The van der Waals surface area contributed by atoms with Crippen molar-refractivity contribution in [3.8, 4) is 5.75 Å². The fourth-order valence-corrected chi connectivity index (χ4v) is 1.91. The van der Waals surface area contributed by atoms with Crippen molar-refractivity contribution in [2.75, 3.05) is 14.2 Å². The molecule has 0 unspecified atom stereocenters. The molecule has 1 saturated carbocycles. The van der Waals surface area contributed by atoms with E-state index in [4.69, 9.17) is 9.47 Å². The van der Waals surface area contributed by atoms with E-state index >= 15 is 0 Å². The summed E-state index contributed by atoms with van der Waals surface area (Å²) in [4.78, 5) is 23.5. The van der Waals surface area contributed by atoms with Crippen molar-refractivity contribution in [3.05, 3.63) is 28.7 Å². The number of carbonyl (C=O) groups excluding carboxylic acids is 1. The Hall–Kier alpha value is -1.78. The second kappa shape index (κ2) is 4.24. The Kier molecular flexibility index (Phi) is 2.92. The van der Waals surface area contributed by atoms with Gasteiger partial charge < -0.3 is 14.0 Å². The lowest BCUT2D eigenvalue weighted by atomic mass is 10.1. The molecule has 0 spiro atoms. The number of rotatable bonds is 4. The highest BCUT2D eigenvalue weighted by Crippen LogP contribution is 2.47. The first kappa shape index (κ1) is 11.7. The van der Waals surface area contributed by atoms with Crippen LogP contribution in [-0.2, 0) is 16.1 Å². The maximum atomic E-state index is 11.9. The number of hydrogen-bond donors (Lipinski definition) is 0. The largest absolute Gasteiger partial charge is 0.491 e. The van der Waals surface area contributed by atoms with Crippen molar-refractivity contribution in [1.29, 1.82) is 0 Å². The van der Waals surface area contributed by atoms with Crippen LogP contribution in [0.25, 0.3) is 0 Å². The molecule has 0 amide bonds. The molecule has 17 heavy (non-hydrogen) atoms. The highest BCUT2D eigenvalue weighted by Gasteiger charge is 2.51. The van der Waals surface area contributed by atoms with Gasteiger partial charge in [0, 0.05) is 12.7 Å². The van der Waals surface area contributed by atoms with E-state index in [0.29, 0.717) is 6.54 Å². The number of hydrogen-bond acceptors (Lipinski definition) is 4. The minimum absolute atomic E-state index is 0.217. The minimum atomic E-state index is -0.509. The number of aromatic nitrogens is 1. The van der Waals surface area contributed by atoms with Crippen molar-refractivity contribution in [2.45, 2.75) is 19.4 Å². The second-order valence-corrected chi connectivity index (χ2v) is 4.28. The van der Waals surface area contributed by atoms with Crippen LogP contribution in [0, 0.1) is 5.41 Å². The summed E-state index contributed by atoms with van der Waals surface area (Å²) >= 11 is 0. The zero-order valence-electron chi connectivity index (χ0n) is 9.93. The van der Waals surface area contributed by atoms with Crippen molar-refractivity contribution in [3.63, 3.8) is 0 Å². The molecule has 5 nitrogen and oxygen atoms in total. The zero-order valence-corrected chi connectivity index (χ0v) is 9.93. The molecule has 1 heterocycles. The molecule has 0 N–H and O–H groups in total. The van der Waals surface area contributed by atoms with Crippen molar-refractivity contribution >= 4 is 5.97 Å². The van der Waals surface area contributed by atoms with E-state index < -0.39 is 5.41 Å². The number of nitrogens with zero attached hydrogens (tertiary/aromatic N) is 1. The second-order valence-electron chi connectivity index (χ2n) is 4.28. The van der Waals surface area contributed by atoms with E-state index in [2.05, 4.69) is 0 Å². The third-order valence-electron chi connectivity index (χ3n) is 3.15. The normalized spacial score (nSPS) is 16.4. The van der Waals surface area contributed by atoms with Gasteiger partial charge in [0.25, 0.3) is 5.56 Å². The lowest BCUT2D eigenvalue weighted by Crippen LogP contribution is -2.29. The summed E-state index contributed by atoms with van der Waals surface area (Å²) in [6.07, 6.45) is 3.19. The van der Waals surface area contributed by atoms with Crippen molar-refractivity contribution < 1.29 is 14.3 Å². The van der Waals surface area contributed by atoms with Crippen molar-refractivity contribution in [1.82, 2.24) is 4.57 Å². The van der Waals surface area contributed by atoms with Gasteiger partial charge in [0.05, 0.1) is 19.6 Å². The molecular weight excluding hydrogens is 222 g/mol. The lowest BCUT2D eigenvalue weighted by molar-refractivity contribution is -0.147. The Labute approximate surface area is 99.0 Å². The summed E-state index contributed by atoms with van der Waals surface area (Å²) in [7, 11) is 2.82. The number of pyridine rings is 1. The molecule has 5 heteroatoms. The molecular formula is C12H15NO4. The Morgan fingerprint density at radius 1 is 1.47 bits per heavy atom. The smallest absolute Gasteiger partial charge is 0.313 e. The van der Waals surface area contributed by atoms with Crippen LogP contribution in [0.3, 0.4) is 0 Å². The van der Waals surface area contributed by atoms with Crippen LogP contribution in [0.2, 0.25) is 0 Å². The number of ether oxygens (including phenoxy) is 2. The fourth-order valence-electron chi connectivity index (χ4n) is 1.91. The van der Waals surface area contributed by atoms with E-state index in [-0.39, 0.29) is 17.3 Å². The van der Waals surface area contributed by atoms with Gasteiger partial charge in [-0.3, -0.25) is 9.59 Å². The van der Waals surface area contributed by atoms with Crippen LogP contribution < -0.4 is 10.3 Å². The van der Waals surface area contributed by atoms with Crippen LogP contribution in [-0.4, -0.2) is 24.8 Å². The summed E-state index contributed by atoms with van der Waals surface area (Å²) in [5.74, 6) is 0.0420. The zero-order chi connectivity index (χ0) is 12.5. The van der Waals surface area contributed by atoms with Gasteiger partial charge in [0.1, 0.15) is 0 Å². The van der Waals surface area contributed by atoms with Gasteiger partial charge >= 0.3 is 5.97 Å². The third kappa shape index (κ3) is 2.05. The molecule has 0 aliphatic heterocycles. The van der Waals surface area contributed by atoms with E-state index in [9.17, 15) is 9.59 Å². The summed E-state index contributed by atoms with van der Waals surface area (Å²) in [6.45, 7) is 0.357. The van der Waals surface area contributed by atoms with Gasteiger partial charge in [-0.2, -0.15) is 0 Å². The van der Waals surface area contributed by atoms with Crippen LogP contribution >= 0.6 is 0 Å². The molecule has 92 valence electrons. The molecule has 1 aromatic heterocycles. The first-order valence-electron chi connectivity index (χ1n) is 5.45. The quantitative estimate of drug-likeness (QED) is 0.727. The van der Waals surface area contributed by atoms with Gasteiger partial charge in [-0.1, -0.05) is 0 Å². The molecule has 2 rings (SSSR count). The molecule has 0 radical (unpaired) electrons. The minimum Gasteiger partial charge on any atom is -0.491 e. The summed E-state index contributed by atoms with van der Waals surface area (Å²) in [6, 6.07) is 3.34. The van der Waals surface area contributed by atoms with Gasteiger partial charge in [-0.15, -0.1) is 0 Å². The Morgan fingerprint density at radius 2 is 2.18 bits per heavy atom. The van der Waals surface area contributed by atoms with Gasteiger partial charge in [0.2, 0.25) is 0 Å². The predicted molar refractivity (Wildman–Crippen MR) is 60.9 cm³/mol. The molecule has 0 saturated heterocycles. The Bertz CT molecular complexity index is 488. The topological polar surface area (TPSA) is 57.5 Å². The molecule has 0 bridgehead atoms. The summed E-state index contributed by atoms with van der Waals surface area (Å²) in [5, 5.41) is 0. The molecule has 1 aliphatic rings. The van der Waals surface area contributed by atoms with Crippen LogP contribution in [0.15, 0.2) is 23.1 Å². The first-order chi connectivity index (χ1) is 8.13. The monoisotopic (exact) mass is 237 g/mol. The van der Waals surface area contributed by atoms with Crippen LogP contribution in [0.1, 0.15) is 12.8 Å². The maximum absolute atomic E-state index is 11.9. The highest BCUT2D eigenvalue weighted by molar-refractivity contribution is 5.79. The molecule has 1 aromatic rings. The standard InChI is InChI=1S/C12H15NO4/c1-16-9-4-3-7-13(10(9)14)8-12(5-6-12)11(15)17-2/h3-4,7H,5-6,8H2,1-2H3. The van der Waals surface area contributed by atoms with E-state index in [0.717, 1.165) is 12.8 Å². The first-order valence-corrected chi connectivity index (χ1v) is 5.45. The Morgan fingerprint density at radius 3 is 2.71 bits per heavy atom. The third-order valence-corrected chi connectivity index (χ3v) is 3.15. The van der Waals surface area contributed by atoms with Crippen LogP contribution in [0.5, 0.6) is 5.75 Å². The van der Waals surface area contributed by atoms with E-state index in [1.807, 2.05) is 0 Å². The fraction of sp³-hybridized carbons (Fsp3) is 0.500. The predicted octanol–water partition coefficient (Wildman–Crippen LogP) is 0.810. The van der Waals surface area contributed by atoms with Gasteiger partial charge in [0.15, 0.2) is 5.75 Å². The molecule has 1 aliphatic carbocycles. The van der Waals surface area contributed by atoms with Gasteiger partial charge in [-0.05, 0) is 25.0 Å². The number of esters is 1. The average Bonchev–Trinajstić information content (AvgIpc) is 3.12. The van der Waals surface area contributed by atoms with Crippen molar-refractivity contribution in [2.24, 2.45) is 5.41 Å². The maximum Gasteiger partial charge on any atom is 0.313 e. The SMILES string of the molecule is COC(=O)C1(Cn2cccc(OC)c2=O)CC1. The summed E-state index contributed by atoms with van der Waals surface area (Å²) < 4.78 is 11.2. The summed E-state index contributed by atoms with van der Waals surface area (Å²) in [5.41, 5.74) is -0.726. The van der Waals surface area contributed by atoms with E-state index in [1.54, 1.807) is 18.3 Å². The number of carbonyl (C=O) groups is 1. The lowest BCUT2D eigenvalue weighted by Gasteiger charge is -2.14. The average molecular weight is 237 g/mol. The van der Waals surface area contributed by atoms with Crippen LogP contribution in [0.4, 0.5) is 0 Å².